The molecule has 0 saturated heterocycles. The molecule has 0 spiro atoms. The first-order chi connectivity index (χ1) is 29.0. The molecule has 6 nitrogen and oxygen atoms in total. The molecule has 0 aliphatic rings. The van der Waals surface area contributed by atoms with Crippen molar-refractivity contribution < 1.29 is 28.6 Å². The highest BCUT2D eigenvalue weighted by atomic mass is 16.6. The van der Waals surface area contributed by atoms with Crippen LogP contribution in [0.25, 0.3) is 0 Å². The van der Waals surface area contributed by atoms with E-state index in [4.69, 9.17) is 14.2 Å². The molecule has 0 rings (SSSR count). The summed E-state index contributed by atoms with van der Waals surface area (Å²) in [6.45, 7) is 6.58. The number of esters is 3. The van der Waals surface area contributed by atoms with Gasteiger partial charge in [-0.1, -0.05) is 205 Å². The van der Waals surface area contributed by atoms with Crippen molar-refractivity contribution in [3.63, 3.8) is 0 Å². The third-order valence-corrected chi connectivity index (χ3v) is 11.1. The van der Waals surface area contributed by atoms with Crippen molar-refractivity contribution in [2.75, 3.05) is 13.2 Å². The van der Waals surface area contributed by atoms with Gasteiger partial charge in [-0.05, 0) is 77.0 Å². The molecule has 0 saturated carbocycles. The highest BCUT2D eigenvalue weighted by Gasteiger charge is 2.19. The van der Waals surface area contributed by atoms with Crippen molar-refractivity contribution in [2.45, 2.75) is 271 Å². The summed E-state index contributed by atoms with van der Waals surface area (Å²) >= 11 is 0. The fourth-order valence-electron chi connectivity index (χ4n) is 7.23. The van der Waals surface area contributed by atoms with Gasteiger partial charge in [0, 0.05) is 19.3 Å². The van der Waals surface area contributed by atoms with Crippen LogP contribution in [0.3, 0.4) is 0 Å². The van der Waals surface area contributed by atoms with Crippen LogP contribution in [-0.4, -0.2) is 37.2 Å². The first-order valence-corrected chi connectivity index (χ1v) is 25.5. The van der Waals surface area contributed by atoms with Gasteiger partial charge in [0.1, 0.15) is 13.2 Å². The van der Waals surface area contributed by atoms with Crippen LogP contribution >= 0.6 is 0 Å². The SMILES string of the molecule is CCCCC/C=C\C/C=C\CCCCCCCC(=O)OCC(COC(=O)CCCCCCC/C=C\CCCCC)OC(=O)CCCCCCCCCCCCCCCC. The van der Waals surface area contributed by atoms with Gasteiger partial charge in [0.25, 0.3) is 0 Å². The van der Waals surface area contributed by atoms with Gasteiger partial charge in [0.05, 0.1) is 0 Å². The standard InChI is InChI=1S/C53H96O6/c1-4-7-10-13-16-19-22-25-27-29-31-34-37-40-43-46-52(55)58-49-50(48-57-51(54)45-42-39-36-33-30-24-21-18-15-12-9-6-3)59-53(56)47-44-41-38-35-32-28-26-23-20-17-14-11-8-5-2/h16,18-19,21,25,27,50H,4-15,17,20,22-24,26,28-49H2,1-3H3/b19-16-,21-18-,27-25-. The predicted molar refractivity (Wildman–Crippen MR) is 252 cm³/mol. The summed E-state index contributed by atoms with van der Waals surface area (Å²) < 4.78 is 16.8. The molecule has 6 heteroatoms. The van der Waals surface area contributed by atoms with Gasteiger partial charge in [-0.2, -0.15) is 0 Å². The molecule has 0 aromatic carbocycles. The number of allylic oxidation sites excluding steroid dienone is 6. The lowest BCUT2D eigenvalue weighted by molar-refractivity contribution is -0.167. The minimum absolute atomic E-state index is 0.0785. The average Bonchev–Trinajstić information content (AvgIpc) is 3.23. The van der Waals surface area contributed by atoms with Gasteiger partial charge in [-0.15, -0.1) is 0 Å². The van der Waals surface area contributed by atoms with Crippen LogP contribution in [0.4, 0.5) is 0 Å². The highest BCUT2D eigenvalue weighted by Crippen LogP contribution is 2.15. The van der Waals surface area contributed by atoms with Crippen LogP contribution < -0.4 is 0 Å². The Morgan fingerprint density at radius 1 is 0.339 bits per heavy atom. The minimum atomic E-state index is -0.776. The number of hydrogen-bond acceptors (Lipinski definition) is 6. The lowest BCUT2D eigenvalue weighted by Crippen LogP contribution is -2.30. The Hall–Kier alpha value is -2.37. The molecular weight excluding hydrogens is 733 g/mol. The molecule has 0 amide bonds. The second-order valence-corrected chi connectivity index (χ2v) is 17.1. The van der Waals surface area contributed by atoms with Crippen molar-refractivity contribution in [3.05, 3.63) is 36.5 Å². The Morgan fingerprint density at radius 3 is 0.983 bits per heavy atom. The van der Waals surface area contributed by atoms with Crippen molar-refractivity contribution in [3.8, 4) is 0 Å². The van der Waals surface area contributed by atoms with Crippen molar-refractivity contribution in [2.24, 2.45) is 0 Å². The van der Waals surface area contributed by atoms with Gasteiger partial charge in [0.2, 0.25) is 0 Å². The highest BCUT2D eigenvalue weighted by molar-refractivity contribution is 5.71. The lowest BCUT2D eigenvalue weighted by Gasteiger charge is -2.18. The zero-order valence-electron chi connectivity index (χ0n) is 39.3. The fourth-order valence-corrected chi connectivity index (χ4v) is 7.23. The van der Waals surface area contributed by atoms with Crippen LogP contribution in [0, 0.1) is 0 Å². The van der Waals surface area contributed by atoms with Gasteiger partial charge in [-0.3, -0.25) is 14.4 Å². The van der Waals surface area contributed by atoms with Gasteiger partial charge in [0.15, 0.2) is 6.10 Å². The van der Waals surface area contributed by atoms with Gasteiger partial charge >= 0.3 is 17.9 Å². The maximum Gasteiger partial charge on any atom is 0.306 e. The Balaban J connectivity index is 4.38. The molecule has 0 aromatic heterocycles. The fraction of sp³-hybridized carbons (Fsp3) is 0.830. The van der Waals surface area contributed by atoms with Crippen LogP contribution in [0.5, 0.6) is 0 Å². The summed E-state index contributed by atoms with van der Waals surface area (Å²) in [5, 5.41) is 0. The molecule has 1 atom stereocenters. The monoisotopic (exact) mass is 829 g/mol. The molecule has 0 fully saturated rings. The van der Waals surface area contributed by atoms with E-state index in [1.165, 1.54) is 141 Å². The topological polar surface area (TPSA) is 78.9 Å². The maximum absolute atomic E-state index is 12.8. The smallest absolute Gasteiger partial charge is 0.306 e. The molecule has 0 heterocycles. The van der Waals surface area contributed by atoms with E-state index >= 15 is 0 Å². The van der Waals surface area contributed by atoms with E-state index in [9.17, 15) is 14.4 Å². The van der Waals surface area contributed by atoms with Crippen LogP contribution in [-0.2, 0) is 28.6 Å². The molecule has 1 unspecified atom stereocenters. The number of ether oxygens (including phenoxy) is 3. The molecule has 59 heavy (non-hydrogen) atoms. The number of carbonyl (C=O) groups is 3. The molecule has 0 N–H and O–H groups in total. The van der Waals surface area contributed by atoms with Crippen molar-refractivity contribution in [1.82, 2.24) is 0 Å². The summed E-state index contributed by atoms with van der Waals surface area (Å²) in [6.07, 6.45) is 55.5. The lowest BCUT2D eigenvalue weighted by atomic mass is 10.0. The largest absolute Gasteiger partial charge is 0.462 e. The Labute approximate surface area is 365 Å². The second-order valence-electron chi connectivity index (χ2n) is 17.1. The summed E-state index contributed by atoms with van der Waals surface area (Å²) in [4.78, 5) is 37.9. The Bertz CT molecular complexity index is 1000. The molecule has 0 bridgehead atoms. The number of carbonyl (C=O) groups excluding carboxylic acids is 3. The van der Waals surface area contributed by atoms with E-state index in [-0.39, 0.29) is 31.1 Å². The molecular formula is C53H96O6. The Kier molecular flexibility index (Phi) is 46.4. The van der Waals surface area contributed by atoms with E-state index in [1.54, 1.807) is 0 Å². The zero-order chi connectivity index (χ0) is 43.0. The van der Waals surface area contributed by atoms with E-state index in [2.05, 4.69) is 57.2 Å². The van der Waals surface area contributed by atoms with E-state index in [0.29, 0.717) is 19.3 Å². The Morgan fingerprint density at radius 2 is 0.610 bits per heavy atom. The third kappa shape index (κ3) is 46.5. The average molecular weight is 829 g/mol. The molecule has 0 radical (unpaired) electrons. The third-order valence-electron chi connectivity index (χ3n) is 11.1. The number of hydrogen-bond donors (Lipinski definition) is 0. The van der Waals surface area contributed by atoms with E-state index < -0.39 is 6.10 Å². The summed E-state index contributed by atoms with van der Waals surface area (Å²) in [7, 11) is 0. The zero-order valence-corrected chi connectivity index (χ0v) is 39.3. The summed E-state index contributed by atoms with van der Waals surface area (Å²) in [6, 6.07) is 0. The molecule has 344 valence electrons. The number of rotatable bonds is 46. The van der Waals surface area contributed by atoms with Crippen molar-refractivity contribution in [1.29, 1.82) is 0 Å². The predicted octanol–water partition coefficient (Wildman–Crippen LogP) is 16.5. The maximum atomic E-state index is 12.8. The minimum Gasteiger partial charge on any atom is -0.462 e. The van der Waals surface area contributed by atoms with E-state index in [1.807, 2.05) is 0 Å². The first-order valence-electron chi connectivity index (χ1n) is 25.5. The van der Waals surface area contributed by atoms with Gasteiger partial charge in [-0.25, -0.2) is 0 Å². The summed E-state index contributed by atoms with van der Waals surface area (Å²) in [5.41, 5.74) is 0. The van der Waals surface area contributed by atoms with Gasteiger partial charge < -0.3 is 14.2 Å². The molecule has 0 aliphatic heterocycles. The molecule has 0 aromatic rings. The van der Waals surface area contributed by atoms with Crippen LogP contribution in [0.2, 0.25) is 0 Å². The summed E-state index contributed by atoms with van der Waals surface area (Å²) in [5.74, 6) is -0.892. The quantitative estimate of drug-likeness (QED) is 0.0263. The normalized spacial score (nSPS) is 12.3. The second kappa shape index (κ2) is 48.3. The van der Waals surface area contributed by atoms with Crippen LogP contribution in [0.1, 0.15) is 265 Å². The number of unbranched alkanes of at least 4 members (excludes halogenated alkanes) is 29. The first kappa shape index (κ1) is 56.6. The van der Waals surface area contributed by atoms with Crippen molar-refractivity contribution >= 4 is 17.9 Å². The molecule has 0 aliphatic carbocycles. The van der Waals surface area contributed by atoms with E-state index in [0.717, 1.165) is 83.5 Å². The van der Waals surface area contributed by atoms with Crippen LogP contribution in [0.15, 0.2) is 36.5 Å².